The predicted molar refractivity (Wildman–Crippen MR) is 195 cm³/mol. The monoisotopic (exact) mass is 747 g/mol. The number of nitrogens with zero attached hydrogens (tertiary/aromatic N) is 6. The number of amides is 3. The average Bonchev–Trinajstić information content (AvgIpc) is 3.54. The fraction of sp³-hybridized carbons (Fsp3) is 0.419. The summed E-state index contributed by atoms with van der Waals surface area (Å²) in [6, 6.07) is 11.8. The molecule has 3 atom stereocenters. The maximum atomic E-state index is 14.5. The Morgan fingerprint density at radius 3 is 2.57 bits per heavy atom. The molecule has 0 saturated carbocycles. The minimum Gasteiger partial charge on any atom is -0.388 e. The highest BCUT2D eigenvalue weighted by Gasteiger charge is 2.39. The Morgan fingerprint density at radius 1 is 1.18 bits per heavy atom. The number of rotatable bonds is 14. The summed E-state index contributed by atoms with van der Waals surface area (Å²) in [5.74, 6) is -1.76. The highest BCUT2D eigenvalue weighted by molar-refractivity contribution is 8.77. The van der Waals surface area contributed by atoms with Crippen LogP contribution in [0.1, 0.15) is 38.3 Å². The molecule has 2 aromatic carbocycles. The van der Waals surface area contributed by atoms with Crippen molar-refractivity contribution in [3.63, 3.8) is 0 Å². The number of halogens is 1. The number of thioether (sulfide) groups is 1. The Kier molecular flexibility index (Phi) is 13.5. The van der Waals surface area contributed by atoms with Crippen molar-refractivity contribution >= 4 is 80.0 Å². The second kappa shape index (κ2) is 17.3. The summed E-state index contributed by atoms with van der Waals surface area (Å²) in [7, 11) is 4.54. The summed E-state index contributed by atoms with van der Waals surface area (Å²) in [6.07, 6.45) is 0.709. The van der Waals surface area contributed by atoms with E-state index in [1.165, 1.54) is 39.4 Å². The molecule has 4 N–H and O–H groups in total. The number of H-pyrrole nitrogens is 1. The number of likely N-dealkylation sites (N-methyl/N-ethyl adjacent to an activating group) is 1. The molecular weight excluding hydrogens is 710 g/mol. The van der Waals surface area contributed by atoms with Crippen molar-refractivity contribution < 1.29 is 23.9 Å². The summed E-state index contributed by atoms with van der Waals surface area (Å²) in [4.78, 5) is 62.1. The van der Waals surface area contributed by atoms with Crippen molar-refractivity contribution in [2.75, 3.05) is 36.3 Å². The standard InChI is InChI=1S/C31H38ClN9O5S3/c1-31(2,3)49-48-17-21(33)27(43)40(4)26-28(44)41(16-24(42)34-22(13-14-47-5)29(45)46-30-36-38-39-37-30)23-12-11-19(32)15-20(23)25(35-26)18-9-7-6-8-10-18/h6-12,15,21-22,26H,13-14,16-17,33H2,1-5H3,(H,34,42)(H,36,37,38,39)/t21?,22-,26?/m0/s1. The van der Waals surface area contributed by atoms with Gasteiger partial charge in [0.15, 0.2) is 0 Å². The second-order valence-corrected chi connectivity index (χ2v) is 16.5. The van der Waals surface area contributed by atoms with Gasteiger partial charge in [0.1, 0.15) is 12.6 Å². The lowest BCUT2D eigenvalue weighted by Crippen LogP contribution is -2.55. The first-order valence-corrected chi connectivity index (χ1v) is 19.2. The third-order valence-electron chi connectivity index (χ3n) is 6.93. The van der Waals surface area contributed by atoms with Gasteiger partial charge in [-0.1, -0.05) is 89.4 Å². The molecule has 4 rings (SSSR count). The molecule has 0 bridgehead atoms. The Bertz CT molecular complexity index is 1660. The summed E-state index contributed by atoms with van der Waals surface area (Å²) in [5, 5.41) is 15.7. The van der Waals surface area contributed by atoms with Gasteiger partial charge < -0.3 is 20.7 Å². The summed E-state index contributed by atoms with van der Waals surface area (Å²) in [5.41, 5.74) is 8.21. The zero-order valence-electron chi connectivity index (χ0n) is 27.6. The van der Waals surface area contributed by atoms with Gasteiger partial charge in [0.05, 0.1) is 17.4 Å². The zero-order chi connectivity index (χ0) is 35.7. The van der Waals surface area contributed by atoms with Crippen molar-refractivity contribution in [3.8, 4) is 6.01 Å². The molecule has 262 valence electrons. The van der Waals surface area contributed by atoms with Gasteiger partial charge in [-0.2, -0.15) is 11.8 Å². The molecule has 0 radical (unpaired) electrons. The van der Waals surface area contributed by atoms with Gasteiger partial charge in [0.2, 0.25) is 18.0 Å². The highest BCUT2D eigenvalue weighted by atomic mass is 35.5. The van der Waals surface area contributed by atoms with E-state index in [-0.39, 0.29) is 17.2 Å². The van der Waals surface area contributed by atoms with Crippen molar-refractivity contribution in [2.45, 2.75) is 50.2 Å². The number of tetrazole rings is 1. The number of aromatic nitrogens is 4. The van der Waals surface area contributed by atoms with Crippen LogP contribution in [0.25, 0.3) is 0 Å². The fourth-order valence-electron chi connectivity index (χ4n) is 4.65. The number of aliphatic imine (C=N–C) groups is 1. The number of nitrogens with two attached hydrogens (primary N) is 1. The van der Waals surface area contributed by atoms with Crippen LogP contribution in [0.3, 0.4) is 0 Å². The first-order chi connectivity index (χ1) is 23.3. The SMILES string of the molecule is CSCC[C@H](NC(=O)CN1C(=O)C(N(C)C(=O)C(N)CSSC(C)(C)C)N=C(c2ccccc2)c2cc(Cl)ccc21)C(=O)Oc1nnn[nH]1. The lowest BCUT2D eigenvalue weighted by atomic mass is 10.00. The molecular formula is C31H38ClN9O5S3. The molecule has 1 aromatic heterocycles. The van der Waals surface area contributed by atoms with Crippen LogP contribution in [-0.4, -0.2) is 109 Å². The van der Waals surface area contributed by atoms with Gasteiger partial charge in [0, 0.05) is 33.7 Å². The lowest BCUT2D eigenvalue weighted by Gasteiger charge is -2.30. The third kappa shape index (κ3) is 10.4. The van der Waals surface area contributed by atoms with E-state index in [0.29, 0.717) is 39.1 Å². The van der Waals surface area contributed by atoms with Crippen LogP contribution in [0.15, 0.2) is 53.5 Å². The minimum absolute atomic E-state index is 0.0438. The van der Waals surface area contributed by atoms with Crippen LogP contribution in [0.2, 0.25) is 5.02 Å². The number of carbonyl (C=O) groups is 4. The molecule has 3 aromatic rings. The molecule has 0 saturated heterocycles. The number of hydrogen-bond acceptors (Lipinski definition) is 13. The van der Waals surface area contributed by atoms with Crippen LogP contribution in [-0.2, 0) is 19.2 Å². The zero-order valence-corrected chi connectivity index (χ0v) is 30.8. The topological polar surface area (TPSA) is 189 Å². The summed E-state index contributed by atoms with van der Waals surface area (Å²) >= 11 is 7.94. The van der Waals surface area contributed by atoms with E-state index in [1.807, 2.05) is 36.6 Å². The van der Waals surface area contributed by atoms with Crippen LogP contribution in [0.4, 0.5) is 5.69 Å². The number of anilines is 1. The van der Waals surface area contributed by atoms with Gasteiger partial charge in [-0.05, 0) is 47.1 Å². The summed E-state index contributed by atoms with van der Waals surface area (Å²) in [6.45, 7) is 5.67. The van der Waals surface area contributed by atoms with Crippen LogP contribution in [0.5, 0.6) is 6.01 Å². The number of esters is 1. The van der Waals surface area contributed by atoms with Crippen LogP contribution in [0, 0.1) is 0 Å². The van der Waals surface area contributed by atoms with Crippen LogP contribution >= 0.6 is 45.0 Å². The van der Waals surface area contributed by atoms with Crippen molar-refractivity contribution in [2.24, 2.45) is 10.7 Å². The molecule has 0 aliphatic carbocycles. The van der Waals surface area contributed by atoms with Gasteiger partial charge in [0.25, 0.3) is 5.91 Å². The van der Waals surface area contributed by atoms with Gasteiger partial charge >= 0.3 is 12.0 Å². The number of benzene rings is 2. The van der Waals surface area contributed by atoms with Gasteiger partial charge in [-0.3, -0.25) is 19.3 Å². The maximum Gasteiger partial charge on any atom is 0.340 e. The number of benzodiazepines with no additional fused rings is 1. The first kappa shape index (κ1) is 38.2. The number of carbonyl (C=O) groups excluding carboxylic acids is 4. The Morgan fingerprint density at radius 2 is 1.92 bits per heavy atom. The van der Waals surface area contributed by atoms with E-state index in [9.17, 15) is 19.2 Å². The smallest absolute Gasteiger partial charge is 0.340 e. The van der Waals surface area contributed by atoms with E-state index in [2.05, 4.69) is 46.7 Å². The Balaban J connectivity index is 1.68. The normalized spacial score (nSPS) is 15.8. The molecule has 18 heteroatoms. The molecule has 3 amide bonds. The average molecular weight is 748 g/mol. The molecule has 49 heavy (non-hydrogen) atoms. The first-order valence-electron chi connectivity index (χ1n) is 15.1. The van der Waals surface area contributed by atoms with E-state index >= 15 is 0 Å². The number of hydrogen-bond donors (Lipinski definition) is 3. The number of nitrogens with one attached hydrogen (secondary N) is 2. The molecule has 1 aliphatic heterocycles. The highest BCUT2D eigenvalue weighted by Crippen LogP contribution is 2.35. The number of aromatic amines is 1. The molecule has 1 aliphatic rings. The van der Waals surface area contributed by atoms with E-state index < -0.39 is 48.5 Å². The van der Waals surface area contributed by atoms with Crippen molar-refractivity contribution in [1.29, 1.82) is 0 Å². The molecule has 0 spiro atoms. The van der Waals surface area contributed by atoms with E-state index in [0.717, 1.165) is 0 Å². The van der Waals surface area contributed by atoms with Gasteiger partial charge in [-0.25, -0.2) is 14.9 Å². The minimum atomic E-state index is -1.38. The summed E-state index contributed by atoms with van der Waals surface area (Å²) < 4.78 is 5.15. The molecule has 2 heterocycles. The van der Waals surface area contributed by atoms with E-state index in [1.54, 1.807) is 29.0 Å². The third-order valence-corrected chi connectivity index (χ3v) is 11.2. The largest absolute Gasteiger partial charge is 0.388 e. The van der Waals surface area contributed by atoms with Crippen molar-refractivity contribution in [3.05, 3.63) is 64.7 Å². The van der Waals surface area contributed by atoms with Crippen molar-refractivity contribution in [1.82, 2.24) is 30.8 Å². The molecule has 14 nitrogen and oxygen atoms in total. The number of fused-ring (bicyclic) bond motifs is 1. The second-order valence-electron chi connectivity index (χ2n) is 11.9. The molecule has 2 unspecified atom stereocenters. The molecule has 0 fully saturated rings. The Hall–Kier alpha value is -3.64. The number of ether oxygens (including phenoxy) is 1. The van der Waals surface area contributed by atoms with E-state index in [4.69, 9.17) is 27.1 Å². The van der Waals surface area contributed by atoms with Crippen LogP contribution < -0.4 is 20.7 Å². The fourth-order valence-corrected chi connectivity index (χ4v) is 7.70. The Labute approximate surface area is 301 Å². The lowest BCUT2D eigenvalue weighted by molar-refractivity contribution is -0.140. The predicted octanol–water partition coefficient (Wildman–Crippen LogP) is 3.17. The quantitative estimate of drug-likeness (QED) is 0.162. The maximum absolute atomic E-state index is 14.5. The van der Waals surface area contributed by atoms with Gasteiger partial charge in [-0.15, -0.1) is 0 Å².